The molecule has 132 valence electrons. The standard InChI is InChI=1S/C19H21BrN2O3/c20-15-7-5-14(6-8-15)19(9-1-2-10-19)18(24)22-12-11-21-17(23)16-4-3-13-25-16/h3-8,13H,1-2,9-12H2,(H,21,23)(H,22,24). The summed E-state index contributed by atoms with van der Waals surface area (Å²) in [6.07, 6.45) is 5.29. The fraction of sp³-hybridized carbons (Fsp3) is 0.368. The van der Waals surface area contributed by atoms with Crippen molar-refractivity contribution >= 4 is 27.7 Å². The van der Waals surface area contributed by atoms with Gasteiger partial charge in [0, 0.05) is 17.6 Å². The number of carbonyl (C=O) groups is 2. The normalized spacial score (nSPS) is 15.7. The highest BCUT2D eigenvalue weighted by atomic mass is 79.9. The van der Waals surface area contributed by atoms with E-state index in [2.05, 4.69) is 26.6 Å². The second kappa shape index (κ2) is 7.87. The second-order valence-electron chi connectivity index (χ2n) is 6.29. The van der Waals surface area contributed by atoms with E-state index in [1.54, 1.807) is 12.1 Å². The van der Waals surface area contributed by atoms with Crippen LogP contribution in [0, 0.1) is 0 Å². The van der Waals surface area contributed by atoms with Gasteiger partial charge in [-0.25, -0.2) is 0 Å². The molecular weight excluding hydrogens is 384 g/mol. The Hall–Kier alpha value is -2.08. The molecule has 0 radical (unpaired) electrons. The summed E-state index contributed by atoms with van der Waals surface area (Å²) in [7, 11) is 0. The quantitative estimate of drug-likeness (QED) is 0.724. The Morgan fingerprint density at radius 1 is 1.04 bits per heavy atom. The van der Waals surface area contributed by atoms with Crippen molar-refractivity contribution in [2.75, 3.05) is 13.1 Å². The third-order valence-electron chi connectivity index (χ3n) is 4.73. The lowest BCUT2D eigenvalue weighted by atomic mass is 9.78. The van der Waals surface area contributed by atoms with Crippen LogP contribution in [0.25, 0.3) is 0 Å². The van der Waals surface area contributed by atoms with Crippen LogP contribution in [0.5, 0.6) is 0 Å². The molecule has 1 aliphatic rings. The number of hydrogen-bond acceptors (Lipinski definition) is 3. The molecule has 25 heavy (non-hydrogen) atoms. The fourth-order valence-electron chi connectivity index (χ4n) is 3.41. The Balaban J connectivity index is 1.56. The molecule has 0 bridgehead atoms. The average molecular weight is 405 g/mol. The summed E-state index contributed by atoms with van der Waals surface area (Å²) in [5.74, 6) is 0.0377. The van der Waals surface area contributed by atoms with Gasteiger partial charge in [-0.2, -0.15) is 0 Å². The lowest BCUT2D eigenvalue weighted by Crippen LogP contribution is -2.45. The molecule has 2 aromatic rings. The molecule has 0 unspecified atom stereocenters. The van der Waals surface area contributed by atoms with Crippen LogP contribution in [0.1, 0.15) is 41.8 Å². The third kappa shape index (κ3) is 3.95. The average Bonchev–Trinajstić information content (AvgIpc) is 3.31. The van der Waals surface area contributed by atoms with Crippen LogP contribution in [0.15, 0.2) is 51.6 Å². The van der Waals surface area contributed by atoms with Crippen LogP contribution < -0.4 is 10.6 Å². The highest BCUT2D eigenvalue weighted by Gasteiger charge is 2.42. The molecule has 1 saturated carbocycles. The molecule has 0 aliphatic heterocycles. The van der Waals surface area contributed by atoms with Gasteiger partial charge in [0.2, 0.25) is 5.91 Å². The molecule has 3 rings (SSSR count). The molecule has 6 heteroatoms. The topological polar surface area (TPSA) is 71.3 Å². The first-order chi connectivity index (χ1) is 12.1. The molecular formula is C19H21BrN2O3. The Kier molecular flexibility index (Phi) is 5.58. The van der Waals surface area contributed by atoms with Crippen molar-refractivity contribution in [1.29, 1.82) is 0 Å². The van der Waals surface area contributed by atoms with Gasteiger partial charge in [0.15, 0.2) is 5.76 Å². The van der Waals surface area contributed by atoms with E-state index in [-0.39, 0.29) is 17.6 Å². The van der Waals surface area contributed by atoms with E-state index < -0.39 is 5.41 Å². The molecule has 5 nitrogen and oxygen atoms in total. The summed E-state index contributed by atoms with van der Waals surface area (Å²) in [6.45, 7) is 0.755. The Bertz CT molecular complexity index is 720. The zero-order chi connectivity index (χ0) is 17.7. The number of furan rings is 1. The van der Waals surface area contributed by atoms with Crippen molar-refractivity contribution in [2.45, 2.75) is 31.1 Å². The van der Waals surface area contributed by atoms with Crippen LogP contribution in [0.4, 0.5) is 0 Å². The molecule has 1 aromatic heterocycles. The van der Waals surface area contributed by atoms with Gasteiger partial charge in [-0.15, -0.1) is 0 Å². The van der Waals surface area contributed by atoms with Crippen molar-refractivity contribution in [1.82, 2.24) is 10.6 Å². The Labute approximate surface area is 155 Å². The van der Waals surface area contributed by atoms with Crippen molar-refractivity contribution in [3.05, 3.63) is 58.5 Å². The molecule has 2 N–H and O–H groups in total. The second-order valence-corrected chi connectivity index (χ2v) is 7.20. The monoisotopic (exact) mass is 404 g/mol. The van der Waals surface area contributed by atoms with Crippen LogP contribution in [-0.2, 0) is 10.2 Å². The summed E-state index contributed by atoms with van der Waals surface area (Å²) in [5, 5.41) is 5.72. The highest BCUT2D eigenvalue weighted by Crippen LogP contribution is 2.41. The van der Waals surface area contributed by atoms with Crippen LogP contribution >= 0.6 is 15.9 Å². The van der Waals surface area contributed by atoms with Gasteiger partial charge < -0.3 is 15.1 Å². The van der Waals surface area contributed by atoms with E-state index in [0.717, 1.165) is 35.7 Å². The summed E-state index contributed by atoms with van der Waals surface area (Å²) >= 11 is 3.44. The molecule has 1 fully saturated rings. The molecule has 0 saturated heterocycles. The minimum atomic E-state index is -0.453. The van der Waals surface area contributed by atoms with Crippen molar-refractivity contribution < 1.29 is 14.0 Å². The van der Waals surface area contributed by atoms with Crippen molar-refractivity contribution in [3.8, 4) is 0 Å². The minimum Gasteiger partial charge on any atom is -0.459 e. The maximum absolute atomic E-state index is 12.9. The molecule has 0 spiro atoms. The van der Waals surface area contributed by atoms with Gasteiger partial charge in [-0.1, -0.05) is 40.9 Å². The molecule has 2 amide bonds. The molecule has 0 atom stereocenters. The maximum atomic E-state index is 12.9. The molecule has 1 aliphatic carbocycles. The minimum absolute atomic E-state index is 0.0413. The number of benzene rings is 1. The van der Waals surface area contributed by atoms with Crippen molar-refractivity contribution in [3.63, 3.8) is 0 Å². The number of nitrogens with one attached hydrogen (secondary N) is 2. The van der Waals surface area contributed by atoms with Crippen LogP contribution in [0.2, 0.25) is 0 Å². The summed E-state index contributed by atoms with van der Waals surface area (Å²) in [6, 6.07) is 11.3. The lowest BCUT2D eigenvalue weighted by Gasteiger charge is -2.28. The largest absolute Gasteiger partial charge is 0.459 e. The lowest BCUT2D eigenvalue weighted by molar-refractivity contribution is -0.126. The van der Waals surface area contributed by atoms with E-state index >= 15 is 0 Å². The van der Waals surface area contributed by atoms with E-state index in [0.29, 0.717) is 13.1 Å². The van der Waals surface area contributed by atoms with Gasteiger partial charge in [-0.05, 0) is 42.7 Å². The zero-order valence-electron chi connectivity index (χ0n) is 13.9. The maximum Gasteiger partial charge on any atom is 0.287 e. The summed E-state index contributed by atoms with van der Waals surface area (Å²) < 4.78 is 6.04. The smallest absolute Gasteiger partial charge is 0.287 e. The van der Waals surface area contributed by atoms with Gasteiger partial charge >= 0.3 is 0 Å². The van der Waals surface area contributed by atoms with Crippen LogP contribution in [0.3, 0.4) is 0 Å². The molecule has 1 heterocycles. The number of amides is 2. The van der Waals surface area contributed by atoms with Gasteiger partial charge in [0.25, 0.3) is 5.91 Å². The zero-order valence-corrected chi connectivity index (χ0v) is 15.5. The van der Waals surface area contributed by atoms with Gasteiger partial charge in [-0.3, -0.25) is 9.59 Å². The fourth-order valence-corrected chi connectivity index (χ4v) is 3.67. The van der Waals surface area contributed by atoms with Crippen molar-refractivity contribution in [2.24, 2.45) is 0 Å². The first kappa shape index (κ1) is 17.7. The summed E-state index contributed by atoms with van der Waals surface area (Å²) in [4.78, 5) is 24.7. The molecule has 1 aromatic carbocycles. The SMILES string of the molecule is O=C(NCCNC(=O)C1(c2ccc(Br)cc2)CCCC1)c1ccco1. The number of halogens is 1. The van der Waals surface area contributed by atoms with Gasteiger partial charge in [0.05, 0.1) is 11.7 Å². The summed E-state index contributed by atoms with van der Waals surface area (Å²) in [5.41, 5.74) is 0.608. The Morgan fingerprint density at radius 3 is 2.36 bits per heavy atom. The number of carbonyl (C=O) groups excluding carboxylic acids is 2. The van der Waals surface area contributed by atoms with E-state index in [1.807, 2.05) is 24.3 Å². The highest BCUT2D eigenvalue weighted by molar-refractivity contribution is 9.10. The first-order valence-electron chi connectivity index (χ1n) is 8.48. The van der Waals surface area contributed by atoms with E-state index in [9.17, 15) is 9.59 Å². The first-order valence-corrected chi connectivity index (χ1v) is 9.27. The van der Waals surface area contributed by atoms with E-state index in [4.69, 9.17) is 4.42 Å². The number of rotatable bonds is 6. The Morgan fingerprint density at radius 2 is 1.72 bits per heavy atom. The third-order valence-corrected chi connectivity index (χ3v) is 5.26. The van der Waals surface area contributed by atoms with Gasteiger partial charge in [0.1, 0.15) is 0 Å². The van der Waals surface area contributed by atoms with E-state index in [1.165, 1.54) is 6.26 Å². The predicted octanol–water partition coefficient (Wildman–Crippen LogP) is 3.40. The predicted molar refractivity (Wildman–Crippen MR) is 98.3 cm³/mol. The number of hydrogen-bond donors (Lipinski definition) is 2. The van der Waals surface area contributed by atoms with Crippen LogP contribution in [-0.4, -0.2) is 24.9 Å².